The van der Waals surface area contributed by atoms with Gasteiger partial charge in [0.2, 0.25) is 0 Å². The molecule has 0 spiro atoms. The Kier molecular flexibility index (Phi) is 15.3. The van der Waals surface area contributed by atoms with Crippen LogP contribution in [0.2, 0.25) is 0 Å². The Morgan fingerprint density at radius 1 is 0.538 bits per heavy atom. The van der Waals surface area contributed by atoms with Gasteiger partial charge in [0, 0.05) is 23.0 Å². The molecule has 0 amide bonds. The van der Waals surface area contributed by atoms with Gasteiger partial charge in [0.25, 0.3) is 0 Å². The molecule has 0 aliphatic rings. The third-order valence-corrected chi connectivity index (χ3v) is 6.31. The molecule has 0 saturated heterocycles. The van der Waals surface area contributed by atoms with Gasteiger partial charge in [0.15, 0.2) is 11.6 Å². The Morgan fingerprint density at radius 3 is 1.46 bits per heavy atom. The molecule has 0 unspecified atom stereocenters. The van der Waals surface area contributed by atoms with Crippen molar-refractivity contribution in [1.29, 1.82) is 0 Å². The van der Waals surface area contributed by atoms with Crippen LogP contribution in [0.5, 0.6) is 0 Å². The first-order valence-electron chi connectivity index (χ1n) is 14.6. The van der Waals surface area contributed by atoms with E-state index in [1.807, 2.05) is 64.1 Å². The predicted octanol–water partition coefficient (Wildman–Crippen LogP) is 10.3. The van der Waals surface area contributed by atoms with E-state index in [9.17, 15) is 9.59 Å². The summed E-state index contributed by atoms with van der Waals surface area (Å²) in [7, 11) is 0. The molecular formula is C37H52O2. The van der Waals surface area contributed by atoms with Crippen LogP contribution in [-0.4, -0.2) is 11.6 Å². The van der Waals surface area contributed by atoms with Gasteiger partial charge in [-0.15, -0.1) is 0 Å². The largest absolute Gasteiger partial charge is 0.294 e. The molecule has 0 heterocycles. The zero-order chi connectivity index (χ0) is 29.5. The summed E-state index contributed by atoms with van der Waals surface area (Å²) in [5, 5.41) is 0. The smallest absolute Gasteiger partial charge is 0.165 e. The molecule has 2 heteroatoms. The first-order chi connectivity index (χ1) is 18.3. The molecule has 0 saturated carbocycles. The first-order valence-corrected chi connectivity index (χ1v) is 14.6. The van der Waals surface area contributed by atoms with E-state index in [0.29, 0.717) is 17.8 Å². The van der Waals surface area contributed by atoms with Gasteiger partial charge in [-0.1, -0.05) is 148 Å². The van der Waals surface area contributed by atoms with Gasteiger partial charge >= 0.3 is 0 Å². The van der Waals surface area contributed by atoms with E-state index in [4.69, 9.17) is 0 Å². The lowest BCUT2D eigenvalue weighted by atomic mass is 9.92. The molecule has 2 nitrogen and oxygen atoms in total. The highest BCUT2D eigenvalue weighted by molar-refractivity contribution is 5.98. The topological polar surface area (TPSA) is 34.1 Å². The quantitative estimate of drug-likeness (QED) is 0.259. The van der Waals surface area contributed by atoms with Crippen LogP contribution < -0.4 is 0 Å². The van der Waals surface area contributed by atoms with Crippen molar-refractivity contribution in [2.24, 2.45) is 23.7 Å². The van der Waals surface area contributed by atoms with Crippen molar-refractivity contribution in [3.05, 3.63) is 107 Å². The molecule has 0 aromatic heterocycles. The fourth-order valence-electron chi connectivity index (χ4n) is 4.14. The van der Waals surface area contributed by atoms with Crippen molar-refractivity contribution < 1.29 is 9.59 Å². The number of carbonyl (C=O) groups excluding carboxylic acids is 2. The summed E-state index contributed by atoms with van der Waals surface area (Å²) in [5.74, 6) is 2.56. The fourth-order valence-corrected chi connectivity index (χ4v) is 4.14. The Bertz CT molecular complexity index is 1100. The van der Waals surface area contributed by atoms with Crippen LogP contribution in [0.4, 0.5) is 0 Å². The maximum atomic E-state index is 11.9. The number of hydrogen-bond donors (Lipinski definition) is 0. The third-order valence-electron chi connectivity index (χ3n) is 6.31. The van der Waals surface area contributed by atoms with E-state index in [1.165, 1.54) is 16.7 Å². The van der Waals surface area contributed by atoms with Crippen LogP contribution in [0.15, 0.2) is 78.9 Å². The molecular weight excluding hydrogens is 476 g/mol. The van der Waals surface area contributed by atoms with Crippen LogP contribution in [0.25, 0.3) is 0 Å². The molecule has 3 aromatic carbocycles. The molecule has 0 fully saturated rings. The van der Waals surface area contributed by atoms with Gasteiger partial charge in [-0.25, -0.2) is 0 Å². The standard InChI is InChI=1S/2C14H20O.C9H12/c1-10(2)9-12-5-7-13(8-6-12)14(15)11(3)4;1-10(2)9-12-7-5-6-8-13(12)14(15)11(3)4;1-8(2)9-6-4-3-5-7-9/h2*5-8,10-11H,9H2,1-4H3;3-8H,1-2H3. The average molecular weight is 529 g/mol. The molecule has 3 aromatic rings. The van der Waals surface area contributed by atoms with Crippen molar-refractivity contribution in [1.82, 2.24) is 0 Å². The lowest BCUT2D eigenvalue weighted by Gasteiger charge is -2.12. The highest BCUT2D eigenvalue weighted by Gasteiger charge is 2.14. The lowest BCUT2D eigenvalue weighted by Crippen LogP contribution is -2.11. The minimum absolute atomic E-state index is 0.0818. The molecule has 0 aliphatic heterocycles. The molecule has 212 valence electrons. The minimum Gasteiger partial charge on any atom is -0.294 e. The Labute approximate surface area is 239 Å². The Hall–Kier alpha value is -3.00. The van der Waals surface area contributed by atoms with E-state index in [0.717, 1.165) is 24.0 Å². The molecule has 0 aliphatic carbocycles. The maximum absolute atomic E-state index is 11.9. The van der Waals surface area contributed by atoms with Crippen molar-refractivity contribution in [2.45, 2.75) is 88.0 Å². The van der Waals surface area contributed by atoms with Crippen LogP contribution in [0, 0.1) is 23.7 Å². The molecule has 0 radical (unpaired) electrons. The van der Waals surface area contributed by atoms with Gasteiger partial charge in [-0.3, -0.25) is 9.59 Å². The summed E-state index contributed by atoms with van der Waals surface area (Å²) in [5.41, 5.74) is 5.65. The summed E-state index contributed by atoms with van der Waals surface area (Å²) >= 11 is 0. The Balaban J connectivity index is 0.000000302. The second kappa shape index (κ2) is 17.6. The number of carbonyl (C=O) groups is 2. The van der Waals surface area contributed by atoms with Crippen LogP contribution in [0.3, 0.4) is 0 Å². The van der Waals surface area contributed by atoms with Crippen molar-refractivity contribution in [2.75, 3.05) is 0 Å². The summed E-state index contributed by atoms with van der Waals surface area (Å²) in [6, 6.07) is 26.5. The van der Waals surface area contributed by atoms with E-state index in [1.54, 1.807) is 0 Å². The number of Topliss-reactive ketones (excluding diaryl/α,β-unsaturated/α-hetero) is 2. The van der Waals surface area contributed by atoms with Crippen LogP contribution in [0.1, 0.15) is 113 Å². The third kappa shape index (κ3) is 13.1. The summed E-state index contributed by atoms with van der Waals surface area (Å²) in [4.78, 5) is 23.6. The fraction of sp³-hybridized carbons (Fsp3) is 0.459. The van der Waals surface area contributed by atoms with E-state index in [-0.39, 0.29) is 23.4 Å². The molecule has 3 rings (SSSR count). The monoisotopic (exact) mass is 528 g/mol. The number of rotatable bonds is 9. The van der Waals surface area contributed by atoms with Gasteiger partial charge in [-0.2, -0.15) is 0 Å². The number of benzene rings is 3. The van der Waals surface area contributed by atoms with Crippen LogP contribution in [-0.2, 0) is 12.8 Å². The average Bonchev–Trinajstić information content (AvgIpc) is 2.89. The highest BCUT2D eigenvalue weighted by Crippen LogP contribution is 2.17. The molecule has 0 atom stereocenters. The zero-order valence-electron chi connectivity index (χ0n) is 26.1. The number of hydrogen-bond acceptors (Lipinski definition) is 2. The summed E-state index contributed by atoms with van der Waals surface area (Å²) in [6.07, 6.45) is 2.06. The number of ketones is 2. The zero-order valence-corrected chi connectivity index (χ0v) is 26.1. The molecule has 39 heavy (non-hydrogen) atoms. The van der Waals surface area contributed by atoms with E-state index in [2.05, 4.69) is 84.0 Å². The lowest BCUT2D eigenvalue weighted by molar-refractivity contribution is 0.0931. The SMILES string of the molecule is CC(C)Cc1ccc(C(=O)C(C)C)cc1.CC(C)Cc1ccccc1C(=O)C(C)C.CC(C)c1ccccc1. The van der Waals surface area contributed by atoms with Crippen molar-refractivity contribution in [3.63, 3.8) is 0 Å². The van der Waals surface area contributed by atoms with Gasteiger partial charge < -0.3 is 0 Å². The van der Waals surface area contributed by atoms with Crippen molar-refractivity contribution >= 4 is 11.6 Å². The predicted molar refractivity (Wildman–Crippen MR) is 169 cm³/mol. The molecule has 0 N–H and O–H groups in total. The Morgan fingerprint density at radius 2 is 1.03 bits per heavy atom. The normalized spacial score (nSPS) is 10.8. The second-order valence-electron chi connectivity index (χ2n) is 12.2. The van der Waals surface area contributed by atoms with E-state index < -0.39 is 0 Å². The summed E-state index contributed by atoms with van der Waals surface area (Å²) in [6.45, 7) is 20.9. The van der Waals surface area contributed by atoms with Gasteiger partial charge in [0.1, 0.15) is 0 Å². The second-order valence-corrected chi connectivity index (χ2v) is 12.2. The van der Waals surface area contributed by atoms with Crippen molar-refractivity contribution in [3.8, 4) is 0 Å². The first kappa shape index (κ1) is 34.0. The molecule has 0 bridgehead atoms. The van der Waals surface area contributed by atoms with Gasteiger partial charge in [-0.05, 0) is 47.3 Å². The minimum atomic E-state index is 0.0818. The van der Waals surface area contributed by atoms with Crippen LogP contribution >= 0.6 is 0 Å². The van der Waals surface area contributed by atoms with Gasteiger partial charge in [0.05, 0.1) is 0 Å². The maximum Gasteiger partial charge on any atom is 0.165 e. The van der Waals surface area contributed by atoms with E-state index >= 15 is 0 Å². The summed E-state index contributed by atoms with van der Waals surface area (Å²) < 4.78 is 0. The highest BCUT2D eigenvalue weighted by atomic mass is 16.1.